The Morgan fingerprint density at radius 1 is 1.26 bits per heavy atom. The summed E-state index contributed by atoms with van der Waals surface area (Å²) in [6, 6.07) is 7.65. The number of thioether (sulfide) groups is 1. The molecule has 0 aromatic heterocycles. The van der Waals surface area contributed by atoms with Gasteiger partial charge in [-0.1, -0.05) is 13.3 Å². The van der Waals surface area contributed by atoms with Crippen molar-refractivity contribution in [2.45, 2.75) is 42.5 Å². The van der Waals surface area contributed by atoms with E-state index < -0.39 is 9.84 Å². The van der Waals surface area contributed by atoms with E-state index in [1.54, 1.807) is 23.9 Å². The molecule has 0 spiro atoms. The number of nitrogens with one attached hydrogen (secondary N) is 1. The topological polar surface area (TPSA) is 46.2 Å². The van der Waals surface area contributed by atoms with Gasteiger partial charge in [0.05, 0.1) is 4.90 Å². The SMILES string of the molecule is CCCC(C)NCCSc1ccc(S(C)(=O)=O)cc1. The monoisotopic (exact) mass is 301 g/mol. The number of sulfone groups is 1. The van der Waals surface area contributed by atoms with Crippen LogP contribution >= 0.6 is 11.8 Å². The molecule has 0 bridgehead atoms. The molecule has 0 saturated carbocycles. The van der Waals surface area contributed by atoms with Crippen LogP contribution in [0.15, 0.2) is 34.1 Å². The molecule has 0 heterocycles. The Morgan fingerprint density at radius 2 is 1.89 bits per heavy atom. The Bertz CT molecular complexity index is 469. The zero-order chi connectivity index (χ0) is 14.3. The average Bonchev–Trinajstić information content (AvgIpc) is 2.34. The van der Waals surface area contributed by atoms with E-state index in [0.717, 1.165) is 17.2 Å². The quantitative estimate of drug-likeness (QED) is 0.592. The molecule has 1 aromatic rings. The van der Waals surface area contributed by atoms with Gasteiger partial charge in [-0.25, -0.2) is 8.42 Å². The van der Waals surface area contributed by atoms with Gasteiger partial charge in [0.25, 0.3) is 0 Å². The molecule has 0 amide bonds. The number of rotatable bonds is 8. The lowest BCUT2D eigenvalue weighted by Gasteiger charge is -2.12. The van der Waals surface area contributed by atoms with Crippen LogP contribution in [0.3, 0.4) is 0 Å². The smallest absolute Gasteiger partial charge is 0.175 e. The summed E-state index contributed by atoms with van der Waals surface area (Å²) < 4.78 is 22.6. The minimum absolute atomic E-state index is 0.381. The third-order valence-corrected chi connectivity index (χ3v) is 4.98. The van der Waals surface area contributed by atoms with Gasteiger partial charge in [-0.05, 0) is 37.6 Å². The molecule has 108 valence electrons. The van der Waals surface area contributed by atoms with E-state index in [2.05, 4.69) is 19.2 Å². The Hall–Kier alpha value is -0.520. The van der Waals surface area contributed by atoms with Crippen LogP contribution in [0.4, 0.5) is 0 Å². The minimum atomic E-state index is -3.08. The van der Waals surface area contributed by atoms with E-state index in [0.29, 0.717) is 10.9 Å². The van der Waals surface area contributed by atoms with Crippen molar-refractivity contribution in [3.05, 3.63) is 24.3 Å². The zero-order valence-electron chi connectivity index (χ0n) is 11.8. The molecule has 0 radical (unpaired) electrons. The predicted octanol–water partition coefficient (Wildman–Crippen LogP) is 2.96. The van der Waals surface area contributed by atoms with Gasteiger partial charge >= 0.3 is 0 Å². The molecule has 0 aliphatic rings. The maximum absolute atomic E-state index is 11.3. The standard InChI is InChI=1S/C14H23NO2S2/c1-4-5-12(2)15-10-11-18-13-6-8-14(9-7-13)19(3,16)17/h6-9,12,15H,4-5,10-11H2,1-3H3. The van der Waals surface area contributed by atoms with E-state index in [-0.39, 0.29) is 0 Å². The highest BCUT2D eigenvalue weighted by atomic mass is 32.2. The number of benzene rings is 1. The average molecular weight is 301 g/mol. The molecule has 0 fully saturated rings. The fraction of sp³-hybridized carbons (Fsp3) is 0.571. The number of hydrogen-bond acceptors (Lipinski definition) is 4. The molecule has 0 aliphatic heterocycles. The van der Waals surface area contributed by atoms with Gasteiger partial charge in [-0.15, -0.1) is 11.8 Å². The lowest BCUT2D eigenvalue weighted by molar-refractivity contribution is 0.526. The Kier molecular flexibility index (Phi) is 6.89. The molecular formula is C14H23NO2S2. The third kappa shape index (κ3) is 6.45. The van der Waals surface area contributed by atoms with Crippen molar-refractivity contribution in [2.24, 2.45) is 0 Å². The van der Waals surface area contributed by atoms with Crippen molar-refractivity contribution in [3.63, 3.8) is 0 Å². The third-order valence-electron chi connectivity index (χ3n) is 2.84. The first-order valence-electron chi connectivity index (χ1n) is 6.59. The first-order chi connectivity index (χ1) is 8.93. The summed E-state index contributed by atoms with van der Waals surface area (Å²) in [4.78, 5) is 1.49. The molecular weight excluding hydrogens is 278 g/mol. The Labute approximate surface area is 121 Å². The van der Waals surface area contributed by atoms with Gasteiger partial charge < -0.3 is 5.32 Å². The van der Waals surface area contributed by atoms with Crippen molar-refractivity contribution in [1.29, 1.82) is 0 Å². The summed E-state index contributed by atoms with van der Waals surface area (Å²) >= 11 is 1.74. The van der Waals surface area contributed by atoms with Crippen LogP contribution in [0.25, 0.3) is 0 Å². The van der Waals surface area contributed by atoms with E-state index >= 15 is 0 Å². The first kappa shape index (κ1) is 16.5. The van der Waals surface area contributed by atoms with Crippen LogP contribution in [-0.4, -0.2) is 33.0 Å². The molecule has 1 unspecified atom stereocenters. The van der Waals surface area contributed by atoms with E-state index in [1.165, 1.54) is 19.1 Å². The Balaban J connectivity index is 2.35. The van der Waals surface area contributed by atoms with Gasteiger partial charge in [0.1, 0.15) is 0 Å². The lowest BCUT2D eigenvalue weighted by atomic mass is 10.2. The highest BCUT2D eigenvalue weighted by molar-refractivity contribution is 7.99. The normalized spacial score (nSPS) is 13.4. The van der Waals surface area contributed by atoms with Crippen LogP contribution in [0.2, 0.25) is 0 Å². The minimum Gasteiger partial charge on any atom is -0.313 e. The second-order valence-electron chi connectivity index (χ2n) is 4.74. The molecule has 1 aromatic carbocycles. The van der Waals surface area contributed by atoms with Crippen LogP contribution in [-0.2, 0) is 9.84 Å². The van der Waals surface area contributed by atoms with Crippen molar-refractivity contribution in [2.75, 3.05) is 18.6 Å². The maximum Gasteiger partial charge on any atom is 0.175 e. The summed E-state index contributed by atoms with van der Waals surface area (Å²) in [5.74, 6) is 0.992. The van der Waals surface area contributed by atoms with Gasteiger partial charge in [-0.3, -0.25) is 0 Å². The van der Waals surface area contributed by atoms with Crippen LogP contribution in [0, 0.1) is 0 Å². The molecule has 1 atom stereocenters. The van der Waals surface area contributed by atoms with Crippen molar-refractivity contribution < 1.29 is 8.42 Å². The fourth-order valence-corrected chi connectivity index (χ4v) is 3.21. The predicted molar refractivity (Wildman–Crippen MR) is 82.6 cm³/mol. The molecule has 1 N–H and O–H groups in total. The lowest BCUT2D eigenvalue weighted by Crippen LogP contribution is -2.27. The van der Waals surface area contributed by atoms with E-state index in [9.17, 15) is 8.42 Å². The summed E-state index contributed by atoms with van der Waals surface area (Å²) in [5, 5.41) is 3.47. The largest absolute Gasteiger partial charge is 0.313 e. The van der Waals surface area contributed by atoms with Crippen molar-refractivity contribution >= 4 is 21.6 Å². The second kappa shape index (κ2) is 7.92. The molecule has 0 saturated heterocycles. The highest BCUT2D eigenvalue weighted by Crippen LogP contribution is 2.19. The van der Waals surface area contributed by atoms with Crippen molar-refractivity contribution in [3.8, 4) is 0 Å². The molecule has 5 heteroatoms. The fourth-order valence-electron chi connectivity index (χ4n) is 1.79. The summed E-state index contributed by atoms with van der Waals surface area (Å²) in [6.45, 7) is 5.37. The van der Waals surface area contributed by atoms with Gasteiger partial charge in [0, 0.05) is 29.5 Å². The van der Waals surface area contributed by atoms with E-state index in [1.807, 2.05) is 12.1 Å². The molecule has 19 heavy (non-hydrogen) atoms. The van der Waals surface area contributed by atoms with Gasteiger partial charge in [0.15, 0.2) is 9.84 Å². The van der Waals surface area contributed by atoms with Crippen LogP contribution < -0.4 is 5.32 Å². The molecule has 1 rings (SSSR count). The van der Waals surface area contributed by atoms with Crippen molar-refractivity contribution in [1.82, 2.24) is 5.32 Å². The van der Waals surface area contributed by atoms with Gasteiger partial charge in [-0.2, -0.15) is 0 Å². The highest BCUT2D eigenvalue weighted by Gasteiger charge is 2.06. The molecule has 3 nitrogen and oxygen atoms in total. The second-order valence-corrected chi connectivity index (χ2v) is 7.92. The molecule has 0 aliphatic carbocycles. The first-order valence-corrected chi connectivity index (χ1v) is 9.47. The van der Waals surface area contributed by atoms with Gasteiger partial charge in [0.2, 0.25) is 0 Å². The Morgan fingerprint density at radius 3 is 2.42 bits per heavy atom. The summed E-state index contributed by atoms with van der Waals surface area (Å²) in [6.07, 6.45) is 3.64. The van der Waals surface area contributed by atoms with E-state index in [4.69, 9.17) is 0 Å². The van der Waals surface area contributed by atoms with Crippen LogP contribution in [0.5, 0.6) is 0 Å². The van der Waals surface area contributed by atoms with Crippen LogP contribution in [0.1, 0.15) is 26.7 Å². The zero-order valence-corrected chi connectivity index (χ0v) is 13.5. The maximum atomic E-state index is 11.3. The summed E-state index contributed by atoms with van der Waals surface area (Å²) in [7, 11) is -3.08. The summed E-state index contributed by atoms with van der Waals surface area (Å²) in [5.41, 5.74) is 0. The number of hydrogen-bond donors (Lipinski definition) is 1.